The summed E-state index contributed by atoms with van der Waals surface area (Å²) in [5.74, 6) is 0.299. The number of imidazole rings is 1. The minimum absolute atomic E-state index is 0.218. The van der Waals surface area contributed by atoms with E-state index >= 15 is 0 Å². The number of ether oxygens (including phenoxy) is 1. The van der Waals surface area contributed by atoms with Crippen molar-refractivity contribution in [2.45, 2.75) is 39.2 Å². The Balaban J connectivity index is 1.46. The molecule has 2 aliphatic heterocycles. The Morgan fingerprint density at radius 1 is 1.26 bits per heavy atom. The molecule has 1 fully saturated rings. The van der Waals surface area contributed by atoms with Crippen LogP contribution in [0.25, 0.3) is 16.5 Å². The average Bonchev–Trinajstić information content (AvgIpc) is 3.35. The molecule has 0 unspecified atom stereocenters. The van der Waals surface area contributed by atoms with Crippen LogP contribution in [0.3, 0.4) is 0 Å². The Morgan fingerprint density at radius 2 is 2.11 bits per heavy atom. The normalized spacial score (nSPS) is 17.7. The summed E-state index contributed by atoms with van der Waals surface area (Å²) >= 11 is 6.52. The molecular weight excluding hydrogens is 460 g/mol. The average molecular weight is 490 g/mol. The van der Waals surface area contributed by atoms with E-state index in [1.807, 2.05) is 48.9 Å². The van der Waals surface area contributed by atoms with Crippen molar-refractivity contribution in [1.82, 2.24) is 14.5 Å². The maximum Gasteiger partial charge on any atom is 0.409 e. The van der Waals surface area contributed by atoms with Crippen LogP contribution in [0.5, 0.6) is 0 Å². The number of carbonyl (C=O) groups is 1. The number of rotatable bonds is 6. The van der Waals surface area contributed by atoms with Crippen LogP contribution >= 0.6 is 11.6 Å². The van der Waals surface area contributed by atoms with Crippen molar-refractivity contribution in [2.75, 3.05) is 19.7 Å². The van der Waals surface area contributed by atoms with Gasteiger partial charge in [0.1, 0.15) is 0 Å². The van der Waals surface area contributed by atoms with Crippen molar-refractivity contribution in [3.63, 3.8) is 0 Å². The fourth-order valence-corrected chi connectivity index (χ4v) is 5.40. The third-order valence-electron chi connectivity index (χ3n) is 6.89. The third kappa shape index (κ3) is 5.08. The first-order valence-corrected chi connectivity index (χ1v) is 12.7. The molecular formula is C28H30ClN4O2-. The zero-order valence-corrected chi connectivity index (χ0v) is 20.7. The fourth-order valence-electron chi connectivity index (χ4n) is 5.23. The van der Waals surface area contributed by atoms with E-state index in [4.69, 9.17) is 21.7 Å². The first kappa shape index (κ1) is 23.5. The number of fused-ring (bicyclic) bond motifs is 2. The summed E-state index contributed by atoms with van der Waals surface area (Å²) in [6.07, 6.45) is 17.4. The Hall–Kier alpha value is -3.25. The van der Waals surface area contributed by atoms with Gasteiger partial charge in [0, 0.05) is 37.1 Å². The fraction of sp³-hybridized carbons (Fsp3) is 0.357. The van der Waals surface area contributed by atoms with Gasteiger partial charge in [-0.15, -0.1) is 5.70 Å². The third-order valence-corrected chi connectivity index (χ3v) is 7.13. The number of carbonyl (C=O) groups excluding carboxylic acids is 1. The second-order valence-electron chi connectivity index (χ2n) is 9.08. The van der Waals surface area contributed by atoms with Crippen molar-refractivity contribution >= 4 is 28.8 Å². The van der Waals surface area contributed by atoms with Gasteiger partial charge >= 0.3 is 6.09 Å². The molecule has 7 heteroatoms. The lowest BCUT2D eigenvalue weighted by Gasteiger charge is -2.37. The SMILES string of the molecule is CCOC(=O)N1CCC(C2=C3[N-]C=CC=C3C=C(CCCn3ccnc3)c3cc(Cl)ccc32)CC1. The van der Waals surface area contributed by atoms with E-state index in [1.54, 1.807) is 0 Å². The van der Waals surface area contributed by atoms with Gasteiger partial charge in [-0.1, -0.05) is 41.5 Å². The highest BCUT2D eigenvalue weighted by molar-refractivity contribution is 6.30. The van der Waals surface area contributed by atoms with Gasteiger partial charge in [0.25, 0.3) is 0 Å². The Labute approximate surface area is 211 Å². The summed E-state index contributed by atoms with van der Waals surface area (Å²) in [5, 5.41) is 5.60. The quantitative estimate of drug-likeness (QED) is 0.447. The van der Waals surface area contributed by atoms with Crippen molar-refractivity contribution in [3.05, 3.63) is 94.1 Å². The predicted molar refractivity (Wildman–Crippen MR) is 140 cm³/mol. The number of hydrogen-bond donors (Lipinski definition) is 0. The minimum Gasteiger partial charge on any atom is -0.663 e. The van der Waals surface area contributed by atoms with E-state index in [1.165, 1.54) is 22.3 Å². The molecule has 5 rings (SSSR count). The van der Waals surface area contributed by atoms with E-state index in [0.29, 0.717) is 25.6 Å². The molecule has 1 saturated heterocycles. The molecule has 0 radical (unpaired) electrons. The summed E-state index contributed by atoms with van der Waals surface area (Å²) in [4.78, 5) is 18.2. The number of benzene rings is 1. The van der Waals surface area contributed by atoms with Gasteiger partial charge in [-0.2, -0.15) is 6.20 Å². The lowest BCUT2D eigenvalue weighted by atomic mass is 9.81. The number of nitrogens with zero attached hydrogens (tertiary/aromatic N) is 4. The monoisotopic (exact) mass is 489 g/mol. The minimum atomic E-state index is -0.218. The van der Waals surface area contributed by atoms with E-state index < -0.39 is 0 Å². The molecule has 3 heterocycles. The largest absolute Gasteiger partial charge is 0.663 e. The number of likely N-dealkylation sites (tertiary alicyclic amines) is 1. The maximum absolute atomic E-state index is 12.3. The molecule has 1 aromatic heterocycles. The topological polar surface area (TPSA) is 61.5 Å². The molecule has 0 bridgehead atoms. The van der Waals surface area contributed by atoms with Crippen LogP contribution in [0.4, 0.5) is 4.79 Å². The highest BCUT2D eigenvalue weighted by Gasteiger charge is 2.29. The Bertz CT molecular complexity index is 1200. The maximum atomic E-state index is 12.3. The van der Waals surface area contributed by atoms with E-state index in [9.17, 15) is 4.79 Å². The molecule has 0 atom stereocenters. The van der Waals surface area contributed by atoms with Gasteiger partial charge < -0.3 is 19.5 Å². The van der Waals surface area contributed by atoms with E-state index in [-0.39, 0.29) is 6.09 Å². The van der Waals surface area contributed by atoms with Crippen LogP contribution < -0.4 is 0 Å². The van der Waals surface area contributed by atoms with E-state index in [2.05, 4.69) is 33.8 Å². The van der Waals surface area contributed by atoms with Gasteiger partial charge in [0.2, 0.25) is 0 Å². The van der Waals surface area contributed by atoms with Gasteiger partial charge in [-0.3, -0.25) is 0 Å². The number of aryl methyl sites for hydroxylation is 1. The smallest absolute Gasteiger partial charge is 0.409 e. The van der Waals surface area contributed by atoms with Crippen LogP contribution in [0.2, 0.25) is 5.02 Å². The molecule has 1 aromatic carbocycles. The van der Waals surface area contributed by atoms with Crippen LogP contribution in [0.15, 0.2) is 72.6 Å². The number of allylic oxidation sites excluding steroid dienone is 5. The lowest BCUT2D eigenvalue weighted by molar-refractivity contribution is 0.0959. The molecule has 0 saturated carbocycles. The Kier molecular flexibility index (Phi) is 7.09. The van der Waals surface area contributed by atoms with Crippen molar-refractivity contribution in [3.8, 4) is 0 Å². The Morgan fingerprint density at radius 3 is 2.89 bits per heavy atom. The summed E-state index contributed by atoms with van der Waals surface area (Å²) in [6.45, 7) is 4.52. The van der Waals surface area contributed by atoms with Crippen LogP contribution in [-0.2, 0) is 11.3 Å². The number of aromatic nitrogens is 2. The molecule has 0 N–H and O–H groups in total. The number of amides is 1. The van der Waals surface area contributed by atoms with Gasteiger partial charge in [-0.25, -0.2) is 9.78 Å². The molecule has 182 valence electrons. The van der Waals surface area contributed by atoms with Gasteiger partial charge in [0.05, 0.1) is 12.9 Å². The lowest BCUT2D eigenvalue weighted by Crippen LogP contribution is -2.39. The molecule has 3 aliphatic rings. The van der Waals surface area contributed by atoms with E-state index in [0.717, 1.165) is 48.5 Å². The summed E-state index contributed by atoms with van der Waals surface area (Å²) in [6, 6.07) is 6.23. The predicted octanol–water partition coefficient (Wildman–Crippen LogP) is 6.82. The summed E-state index contributed by atoms with van der Waals surface area (Å²) < 4.78 is 7.34. The molecule has 0 spiro atoms. The van der Waals surface area contributed by atoms with Gasteiger partial charge in [0.15, 0.2) is 0 Å². The van der Waals surface area contributed by atoms with Crippen molar-refractivity contribution in [1.29, 1.82) is 0 Å². The highest BCUT2D eigenvalue weighted by atomic mass is 35.5. The van der Waals surface area contributed by atoms with Crippen LogP contribution in [0.1, 0.15) is 43.7 Å². The number of hydrogen-bond acceptors (Lipinski definition) is 3. The second-order valence-corrected chi connectivity index (χ2v) is 9.52. The molecule has 1 amide bonds. The molecule has 1 aliphatic carbocycles. The second kappa shape index (κ2) is 10.6. The van der Waals surface area contributed by atoms with Crippen molar-refractivity contribution in [2.24, 2.45) is 5.92 Å². The molecule has 6 nitrogen and oxygen atoms in total. The highest BCUT2D eigenvalue weighted by Crippen LogP contribution is 2.46. The summed E-state index contributed by atoms with van der Waals surface area (Å²) in [5.41, 5.74) is 7.10. The standard InChI is InChI=1S/C28H30ClN4O2/c1-2-35-28(34)33-14-9-20(10-15-33)26-24-8-7-23(29)18-25(24)21(6-4-13-32-16-12-30-19-32)17-22-5-3-11-31-27(22)26/h3,5,7-8,11-12,16-20H,2,4,6,9-10,13-15H2,1H3/q-1. The van der Waals surface area contributed by atoms with Crippen molar-refractivity contribution < 1.29 is 9.53 Å². The van der Waals surface area contributed by atoms with Gasteiger partial charge in [-0.05, 0) is 72.9 Å². The zero-order chi connectivity index (χ0) is 24.2. The number of piperidine rings is 1. The number of halogens is 1. The van der Waals surface area contributed by atoms with Crippen LogP contribution in [0, 0.1) is 5.92 Å². The summed E-state index contributed by atoms with van der Waals surface area (Å²) in [7, 11) is 0. The first-order valence-electron chi connectivity index (χ1n) is 12.3. The molecule has 2 aromatic rings. The zero-order valence-electron chi connectivity index (χ0n) is 20.0. The molecule has 35 heavy (non-hydrogen) atoms. The van der Waals surface area contributed by atoms with Crippen LogP contribution in [-0.4, -0.2) is 40.2 Å². The first-order chi connectivity index (χ1) is 17.1.